The van der Waals surface area contributed by atoms with Gasteiger partial charge in [-0.2, -0.15) is 31.6 Å². The third-order valence-electron chi connectivity index (χ3n) is 2.83. The lowest BCUT2D eigenvalue weighted by atomic mass is 10.0. The minimum Gasteiger partial charge on any atom is -0.223 e. The van der Waals surface area contributed by atoms with Crippen molar-refractivity contribution in [2.75, 3.05) is 5.75 Å². The lowest BCUT2D eigenvalue weighted by Crippen LogP contribution is -2.11. The molecule has 0 amide bonds. The average molecular weight is 371 g/mol. The number of alkyl halides is 6. The molecule has 0 radical (unpaired) electrons. The molecule has 0 aliphatic heterocycles. The number of halogens is 6. The van der Waals surface area contributed by atoms with E-state index in [0.29, 0.717) is 18.2 Å². The molecule has 0 spiro atoms. The molecular weight excluding hydrogens is 360 g/mol. The van der Waals surface area contributed by atoms with Crippen LogP contribution in [-0.2, 0) is 22.2 Å². The molecule has 0 heterocycles. The van der Waals surface area contributed by atoms with Gasteiger partial charge < -0.3 is 0 Å². The molecule has 0 unspecified atom stereocenters. The number of allylic oxidation sites excluding steroid dienone is 1. The maximum absolute atomic E-state index is 12.7. The summed E-state index contributed by atoms with van der Waals surface area (Å²) in [5, 5.41) is 8.87. The van der Waals surface area contributed by atoms with Crippen molar-refractivity contribution in [1.82, 2.24) is 0 Å². The SMILES string of the molecule is CCCS(=O)(=O)/C(C#N)=C\c1cc(C(F)(F)F)cc(C(F)(F)F)c1. The summed E-state index contributed by atoms with van der Waals surface area (Å²) in [5.41, 5.74) is -3.85. The Morgan fingerprint density at radius 2 is 1.54 bits per heavy atom. The zero-order valence-electron chi connectivity index (χ0n) is 12.2. The van der Waals surface area contributed by atoms with E-state index in [-0.39, 0.29) is 12.5 Å². The Kier molecular flexibility index (Phi) is 5.71. The molecule has 24 heavy (non-hydrogen) atoms. The monoisotopic (exact) mass is 371 g/mol. The topological polar surface area (TPSA) is 57.9 Å². The van der Waals surface area contributed by atoms with Crippen LogP contribution in [0.2, 0.25) is 0 Å². The molecule has 0 bridgehead atoms. The second kappa shape index (κ2) is 6.84. The normalized spacial score (nSPS) is 13.7. The van der Waals surface area contributed by atoms with Crippen LogP contribution in [0, 0.1) is 11.3 Å². The summed E-state index contributed by atoms with van der Waals surface area (Å²) in [4.78, 5) is -0.892. The van der Waals surface area contributed by atoms with Crippen molar-refractivity contribution in [3.8, 4) is 6.07 Å². The summed E-state index contributed by atoms with van der Waals surface area (Å²) >= 11 is 0. The van der Waals surface area contributed by atoms with E-state index in [1.165, 1.54) is 13.0 Å². The number of rotatable bonds is 4. The van der Waals surface area contributed by atoms with Crippen LogP contribution in [0.5, 0.6) is 0 Å². The van der Waals surface area contributed by atoms with E-state index in [0.717, 1.165) is 0 Å². The van der Waals surface area contributed by atoms with Crippen molar-refractivity contribution in [2.24, 2.45) is 0 Å². The van der Waals surface area contributed by atoms with E-state index >= 15 is 0 Å². The quantitative estimate of drug-likeness (QED) is 0.582. The first-order valence-corrected chi connectivity index (χ1v) is 8.10. The van der Waals surface area contributed by atoms with Crippen LogP contribution in [-0.4, -0.2) is 14.2 Å². The number of benzene rings is 1. The zero-order chi connectivity index (χ0) is 18.8. The van der Waals surface area contributed by atoms with Gasteiger partial charge in [0, 0.05) is 0 Å². The maximum atomic E-state index is 12.7. The Balaban J connectivity index is 3.59. The fourth-order valence-electron chi connectivity index (χ4n) is 1.78. The molecule has 0 atom stereocenters. The van der Waals surface area contributed by atoms with Gasteiger partial charge in [0.1, 0.15) is 11.0 Å². The highest BCUT2D eigenvalue weighted by Gasteiger charge is 2.36. The first kappa shape index (κ1) is 20.0. The number of nitriles is 1. The van der Waals surface area contributed by atoms with E-state index in [1.807, 2.05) is 0 Å². The maximum Gasteiger partial charge on any atom is 0.416 e. The highest BCUT2D eigenvalue weighted by molar-refractivity contribution is 7.95. The standard InChI is InChI=1S/C14H11F6NO2S/c1-2-3-24(22,23)12(8-21)6-9-4-10(13(15,16)17)7-11(5-9)14(18,19)20/h4-7H,2-3H2,1H3/b12-6-. The third-order valence-corrected chi connectivity index (χ3v) is 4.65. The van der Waals surface area contributed by atoms with E-state index in [9.17, 15) is 34.8 Å². The molecule has 0 aromatic heterocycles. The third kappa shape index (κ3) is 4.99. The fraction of sp³-hybridized carbons (Fsp3) is 0.357. The van der Waals surface area contributed by atoms with E-state index < -0.39 is 49.5 Å². The van der Waals surface area contributed by atoms with Crippen molar-refractivity contribution in [2.45, 2.75) is 25.7 Å². The summed E-state index contributed by atoms with van der Waals surface area (Å²) in [6.07, 6.45) is -9.47. The Morgan fingerprint density at radius 1 is 1.08 bits per heavy atom. The minimum absolute atomic E-state index is 0.0794. The van der Waals surface area contributed by atoms with Crippen molar-refractivity contribution < 1.29 is 34.8 Å². The summed E-state index contributed by atoms with van der Waals surface area (Å²) < 4.78 is 100. The van der Waals surface area contributed by atoms with Crippen LogP contribution in [0.3, 0.4) is 0 Å². The lowest BCUT2D eigenvalue weighted by Gasteiger charge is -2.13. The number of hydrogen-bond acceptors (Lipinski definition) is 3. The first-order chi connectivity index (χ1) is 10.8. The van der Waals surface area contributed by atoms with Gasteiger partial charge in [-0.05, 0) is 36.3 Å². The molecule has 1 aromatic rings. The molecule has 0 N–H and O–H groups in total. The molecule has 0 aliphatic rings. The number of nitrogens with zero attached hydrogens (tertiary/aromatic N) is 1. The highest BCUT2D eigenvalue weighted by atomic mass is 32.2. The Hall–Kier alpha value is -2.02. The van der Waals surface area contributed by atoms with Crippen LogP contribution < -0.4 is 0 Å². The summed E-state index contributed by atoms with van der Waals surface area (Å²) in [6, 6.07) is 1.93. The van der Waals surface area contributed by atoms with E-state index in [4.69, 9.17) is 5.26 Å². The van der Waals surface area contributed by atoms with Crippen molar-refractivity contribution in [1.29, 1.82) is 5.26 Å². The lowest BCUT2D eigenvalue weighted by molar-refractivity contribution is -0.143. The Labute approximate surface area is 134 Å². The zero-order valence-corrected chi connectivity index (χ0v) is 13.0. The molecule has 3 nitrogen and oxygen atoms in total. The van der Waals surface area contributed by atoms with Gasteiger partial charge in [-0.3, -0.25) is 0 Å². The van der Waals surface area contributed by atoms with Gasteiger partial charge in [0.2, 0.25) is 0 Å². The molecule has 0 saturated heterocycles. The summed E-state index contributed by atoms with van der Waals surface area (Å²) in [6.45, 7) is 1.50. The van der Waals surface area contributed by atoms with Crippen LogP contribution >= 0.6 is 0 Å². The number of sulfone groups is 1. The second-order valence-corrected chi connectivity index (χ2v) is 6.86. The Morgan fingerprint density at radius 3 is 1.88 bits per heavy atom. The van der Waals surface area contributed by atoms with Crippen molar-refractivity contribution in [3.63, 3.8) is 0 Å². The van der Waals surface area contributed by atoms with Gasteiger partial charge in [0.05, 0.1) is 16.9 Å². The van der Waals surface area contributed by atoms with Gasteiger partial charge in [-0.1, -0.05) is 6.92 Å². The van der Waals surface area contributed by atoms with Crippen LogP contribution in [0.1, 0.15) is 30.0 Å². The minimum atomic E-state index is -5.06. The molecule has 0 aliphatic carbocycles. The molecule has 1 rings (SSSR count). The molecule has 0 fully saturated rings. The van der Waals surface area contributed by atoms with Gasteiger partial charge in [0.15, 0.2) is 9.84 Å². The van der Waals surface area contributed by atoms with Crippen molar-refractivity contribution >= 4 is 15.9 Å². The molecule has 132 valence electrons. The van der Waals surface area contributed by atoms with Gasteiger partial charge in [-0.15, -0.1) is 0 Å². The van der Waals surface area contributed by atoms with Crippen LogP contribution in [0.15, 0.2) is 23.1 Å². The molecule has 10 heteroatoms. The second-order valence-electron chi connectivity index (χ2n) is 4.78. The molecule has 1 aromatic carbocycles. The molecule has 0 saturated carbocycles. The first-order valence-electron chi connectivity index (χ1n) is 6.45. The smallest absolute Gasteiger partial charge is 0.223 e. The highest BCUT2D eigenvalue weighted by Crippen LogP contribution is 2.36. The Bertz CT molecular complexity index is 753. The van der Waals surface area contributed by atoms with Gasteiger partial charge >= 0.3 is 12.4 Å². The average Bonchev–Trinajstić information content (AvgIpc) is 2.42. The van der Waals surface area contributed by atoms with Crippen molar-refractivity contribution in [3.05, 3.63) is 39.8 Å². The predicted octanol–water partition coefficient (Wildman–Crippen LogP) is 4.41. The van der Waals surface area contributed by atoms with E-state index in [2.05, 4.69) is 0 Å². The largest absolute Gasteiger partial charge is 0.416 e. The summed E-state index contributed by atoms with van der Waals surface area (Å²) in [7, 11) is -4.08. The number of hydrogen-bond donors (Lipinski definition) is 0. The predicted molar refractivity (Wildman–Crippen MR) is 74.1 cm³/mol. The summed E-state index contributed by atoms with van der Waals surface area (Å²) in [5.74, 6) is -0.447. The molecular formula is C14H11F6NO2S. The van der Waals surface area contributed by atoms with E-state index in [1.54, 1.807) is 0 Å². The fourth-order valence-corrected chi connectivity index (χ4v) is 3.00. The van der Waals surface area contributed by atoms with Crippen LogP contribution in [0.4, 0.5) is 26.3 Å². The van der Waals surface area contributed by atoms with Gasteiger partial charge in [-0.25, -0.2) is 8.42 Å². The van der Waals surface area contributed by atoms with Gasteiger partial charge in [0.25, 0.3) is 0 Å². The van der Waals surface area contributed by atoms with Crippen LogP contribution in [0.25, 0.3) is 6.08 Å².